The van der Waals surface area contributed by atoms with Gasteiger partial charge in [-0.1, -0.05) is 37.3 Å². The minimum absolute atomic E-state index is 0.0429. The van der Waals surface area contributed by atoms with Gasteiger partial charge in [-0.3, -0.25) is 9.59 Å². The summed E-state index contributed by atoms with van der Waals surface area (Å²) in [6.07, 6.45) is 1.14. The highest BCUT2D eigenvalue weighted by molar-refractivity contribution is 7.99. The van der Waals surface area contributed by atoms with Crippen molar-refractivity contribution in [3.8, 4) is 0 Å². The highest BCUT2D eigenvalue weighted by Crippen LogP contribution is 2.19. The lowest BCUT2D eigenvalue weighted by Crippen LogP contribution is -2.49. The molecule has 29 heavy (non-hydrogen) atoms. The molecule has 2 amide bonds. The highest BCUT2D eigenvalue weighted by Gasteiger charge is 2.26. The molecule has 0 aliphatic heterocycles. The molecule has 2 aromatic rings. The summed E-state index contributed by atoms with van der Waals surface area (Å²) < 4.78 is 13.2. The molecule has 0 radical (unpaired) electrons. The van der Waals surface area contributed by atoms with E-state index in [1.807, 2.05) is 44.2 Å². The Morgan fingerprint density at radius 2 is 1.72 bits per heavy atom. The normalized spacial score (nSPS) is 12.8. The van der Waals surface area contributed by atoms with Crippen molar-refractivity contribution < 1.29 is 14.0 Å². The predicted molar refractivity (Wildman–Crippen MR) is 116 cm³/mol. The number of carbonyl (C=O) groups is 2. The number of hydrogen-bond donors (Lipinski definition) is 1. The predicted octanol–water partition coefficient (Wildman–Crippen LogP) is 4.64. The van der Waals surface area contributed by atoms with E-state index in [1.165, 1.54) is 12.1 Å². The van der Waals surface area contributed by atoms with Crippen molar-refractivity contribution in [3.63, 3.8) is 0 Å². The van der Waals surface area contributed by atoms with Crippen LogP contribution in [0, 0.1) is 5.82 Å². The number of thioether (sulfide) groups is 1. The molecule has 4 nitrogen and oxygen atoms in total. The second-order valence-corrected chi connectivity index (χ2v) is 8.22. The van der Waals surface area contributed by atoms with Gasteiger partial charge in [0.25, 0.3) is 0 Å². The first kappa shape index (κ1) is 22.9. The Morgan fingerprint density at radius 3 is 2.34 bits per heavy atom. The van der Waals surface area contributed by atoms with Crippen LogP contribution in [0.15, 0.2) is 59.5 Å². The quantitative estimate of drug-likeness (QED) is 0.574. The Balaban J connectivity index is 2.06. The SMILES string of the molecule is CC[C@@H](C)NC(=O)[C@@H](C)N(Cc1ccc(F)cc1)C(=O)CCSc1ccccc1. The second-order valence-electron chi connectivity index (χ2n) is 7.05. The molecule has 0 fully saturated rings. The summed E-state index contributed by atoms with van der Waals surface area (Å²) in [6, 6.07) is 15.4. The van der Waals surface area contributed by atoms with Gasteiger partial charge in [0.2, 0.25) is 11.8 Å². The third kappa shape index (κ3) is 7.54. The largest absolute Gasteiger partial charge is 0.352 e. The molecule has 0 aliphatic carbocycles. The monoisotopic (exact) mass is 416 g/mol. The number of amides is 2. The van der Waals surface area contributed by atoms with Crippen molar-refractivity contribution in [2.24, 2.45) is 0 Å². The molecule has 1 N–H and O–H groups in total. The molecule has 0 unspecified atom stereocenters. The van der Waals surface area contributed by atoms with E-state index in [1.54, 1.807) is 35.7 Å². The van der Waals surface area contributed by atoms with Crippen LogP contribution in [-0.2, 0) is 16.1 Å². The first-order valence-corrected chi connectivity index (χ1v) is 10.9. The fraction of sp³-hybridized carbons (Fsp3) is 0.391. The lowest BCUT2D eigenvalue weighted by molar-refractivity contribution is -0.140. The molecule has 0 aliphatic rings. The van der Waals surface area contributed by atoms with Crippen molar-refractivity contribution in [2.75, 3.05) is 5.75 Å². The van der Waals surface area contributed by atoms with E-state index in [-0.39, 0.29) is 30.2 Å². The van der Waals surface area contributed by atoms with Crippen LogP contribution in [0.25, 0.3) is 0 Å². The molecule has 156 valence electrons. The lowest BCUT2D eigenvalue weighted by atomic mass is 10.1. The molecule has 2 atom stereocenters. The van der Waals surface area contributed by atoms with E-state index in [4.69, 9.17) is 0 Å². The fourth-order valence-electron chi connectivity index (χ4n) is 2.75. The van der Waals surface area contributed by atoms with Crippen LogP contribution in [0.2, 0.25) is 0 Å². The van der Waals surface area contributed by atoms with Crippen LogP contribution >= 0.6 is 11.8 Å². The van der Waals surface area contributed by atoms with Gasteiger partial charge < -0.3 is 10.2 Å². The molecule has 0 aromatic heterocycles. The standard InChI is InChI=1S/C23H29FN2O2S/c1-4-17(2)25-23(28)18(3)26(16-19-10-12-20(24)13-11-19)22(27)14-15-29-21-8-6-5-7-9-21/h5-13,17-18H,4,14-16H2,1-3H3,(H,25,28)/t17-,18-/m1/s1. The maximum absolute atomic E-state index is 13.2. The van der Waals surface area contributed by atoms with E-state index in [0.29, 0.717) is 12.2 Å². The molecule has 0 heterocycles. The van der Waals surface area contributed by atoms with Gasteiger partial charge in [0.05, 0.1) is 0 Å². The first-order valence-electron chi connectivity index (χ1n) is 9.92. The number of carbonyl (C=O) groups excluding carboxylic acids is 2. The van der Waals surface area contributed by atoms with E-state index in [9.17, 15) is 14.0 Å². The number of rotatable bonds is 10. The topological polar surface area (TPSA) is 49.4 Å². The number of hydrogen-bond acceptors (Lipinski definition) is 3. The number of halogens is 1. The Labute approximate surface area is 176 Å². The van der Waals surface area contributed by atoms with Crippen LogP contribution in [-0.4, -0.2) is 34.6 Å². The zero-order chi connectivity index (χ0) is 21.2. The van der Waals surface area contributed by atoms with E-state index >= 15 is 0 Å². The van der Waals surface area contributed by atoms with Crippen LogP contribution < -0.4 is 5.32 Å². The van der Waals surface area contributed by atoms with Crippen LogP contribution in [0.1, 0.15) is 39.2 Å². The molecular weight excluding hydrogens is 387 g/mol. The third-order valence-electron chi connectivity index (χ3n) is 4.76. The maximum atomic E-state index is 13.2. The van der Waals surface area contributed by atoms with Gasteiger partial charge in [0.1, 0.15) is 11.9 Å². The highest BCUT2D eigenvalue weighted by atomic mass is 32.2. The Hall–Kier alpha value is -2.34. The number of nitrogens with one attached hydrogen (secondary N) is 1. The van der Waals surface area contributed by atoms with Gasteiger partial charge in [0, 0.05) is 29.7 Å². The molecule has 0 spiro atoms. The van der Waals surface area contributed by atoms with Crippen LogP contribution in [0.5, 0.6) is 0 Å². The third-order valence-corrected chi connectivity index (χ3v) is 5.78. The summed E-state index contributed by atoms with van der Waals surface area (Å²) in [6.45, 7) is 5.94. The summed E-state index contributed by atoms with van der Waals surface area (Å²) in [7, 11) is 0. The van der Waals surface area contributed by atoms with Crippen molar-refractivity contribution in [2.45, 2.75) is 57.1 Å². The average molecular weight is 417 g/mol. The Bertz CT molecular complexity index is 783. The fourth-order valence-corrected chi connectivity index (χ4v) is 3.61. The van der Waals surface area contributed by atoms with Crippen LogP contribution in [0.3, 0.4) is 0 Å². The minimum atomic E-state index is -0.608. The molecule has 6 heteroatoms. The smallest absolute Gasteiger partial charge is 0.242 e. The molecule has 2 aromatic carbocycles. The summed E-state index contributed by atoms with van der Waals surface area (Å²) in [4.78, 5) is 28.3. The second kappa shape index (κ2) is 11.6. The van der Waals surface area contributed by atoms with Crippen molar-refractivity contribution in [1.82, 2.24) is 10.2 Å². The summed E-state index contributed by atoms with van der Waals surface area (Å²) in [5.74, 6) is 0.0335. The summed E-state index contributed by atoms with van der Waals surface area (Å²) >= 11 is 1.61. The minimum Gasteiger partial charge on any atom is -0.352 e. The van der Waals surface area contributed by atoms with E-state index in [0.717, 1.165) is 16.9 Å². The van der Waals surface area contributed by atoms with Gasteiger partial charge in [-0.15, -0.1) is 11.8 Å². The van der Waals surface area contributed by atoms with E-state index in [2.05, 4.69) is 5.32 Å². The van der Waals surface area contributed by atoms with E-state index < -0.39 is 6.04 Å². The molecule has 0 saturated carbocycles. The van der Waals surface area contributed by atoms with Gasteiger partial charge in [-0.25, -0.2) is 4.39 Å². The van der Waals surface area contributed by atoms with Gasteiger partial charge in [-0.05, 0) is 50.1 Å². The molecular formula is C23H29FN2O2S. The molecule has 2 rings (SSSR count). The number of benzene rings is 2. The first-order chi connectivity index (χ1) is 13.9. The lowest BCUT2D eigenvalue weighted by Gasteiger charge is -2.29. The summed E-state index contributed by atoms with van der Waals surface area (Å²) in [5, 5.41) is 2.94. The zero-order valence-corrected chi connectivity index (χ0v) is 18.0. The maximum Gasteiger partial charge on any atom is 0.242 e. The summed E-state index contributed by atoms with van der Waals surface area (Å²) in [5.41, 5.74) is 0.790. The van der Waals surface area contributed by atoms with Gasteiger partial charge >= 0.3 is 0 Å². The number of nitrogens with zero attached hydrogens (tertiary/aromatic N) is 1. The van der Waals surface area contributed by atoms with Gasteiger partial charge in [0.15, 0.2) is 0 Å². The Morgan fingerprint density at radius 1 is 1.07 bits per heavy atom. The van der Waals surface area contributed by atoms with Crippen LogP contribution in [0.4, 0.5) is 4.39 Å². The van der Waals surface area contributed by atoms with Gasteiger partial charge in [-0.2, -0.15) is 0 Å². The Kier molecular flexibility index (Phi) is 9.19. The molecule has 0 bridgehead atoms. The van der Waals surface area contributed by atoms with Crippen molar-refractivity contribution >= 4 is 23.6 Å². The average Bonchev–Trinajstić information content (AvgIpc) is 2.73. The zero-order valence-electron chi connectivity index (χ0n) is 17.2. The molecule has 0 saturated heterocycles. The van der Waals surface area contributed by atoms with Crippen molar-refractivity contribution in [1.29, 1.82) is 0 Å². The van der Waals surface area contributed by atoms with Crippen molar-refractivity contribution in [3.05, 3.63) is 66.0 Å².